The SMILES string of the molecule is CC1CN=C(NC2CC2c2ccccc2)N1. The zero-order chi connectivity index (χ0) is 11.0. The van der Waals surface area contributed by atoms with Crippen molar-refractivity contribution in [2.45, 2.75) is 31.3 Å². The molecule has 1 heterocycles. The van der Waals surface area contributed by atoms with Gasteiger partial charge >= 0.3 is 0 Å². The Morgan fingerprint density at radius 1 is 1.31 bits per heavy atom. The minimum absolute atomic E-state index is 0.483. The second kappa shape index (κ2) is 3.81. The highest BCUT2D eigenvalue weighted by Gasteiger charge is 2.39. The predicted molar refractivity (Wildman–Crippen MR) is 65.6 cm³/mol. The Bertz CT molecular complexity index is 399. The van der Waals surface area contributed by atoms with Gasteiger partial charge in [0.2, 0.25) is 0 Å². The molecule has 3 nitrogen and oxygen atoms in total. The van der Waals surface area contributed by atoms with E-state index in [9.17, 15) is 0 Å². The maximum absolute atomic E-state index is 4.42. The lowest BCUT2D eigenvalue weighted by Gasteiger charge is -2.08. The summed E-state index contributed by atoms with van der Waals surface area (Å²) in [4.78, 5) is 4.42. The quantitative estimate of drug-likeness (QED) is 0.784. The molecule has 1 aromatic carbocycles. The number of guanidine groups is 1. The lowest BCUT2D eigenvalue weighted by atomic mass is 10.1. The van der Waals surface area contributed by atoms with E-state index >= 15 is 0 Å². The molecule has 3 heteroatoms. The molecule has 16 heavy (non-hydrogen) atoms. The summed E-state index contributed by atoms with van der Waals surface area (Å²) in [5, 5.41) is 6.81. The molecule has 0 aromatic heterocycles. The van der Waals surface area contributed by atoms with Gasteiger partial charge in [-0.3, -0.25) is 4.99 Å². The van der Waals surface area contributed by atoms with Crippen LogP contribution >= 0.6 is 0 Å². The average Bonchev–Trinajstić information content (AvgIpc) is 2.95. The molecule has 0 spiro atoms. The smallest absolute Gasteiger partial charge is 0.191 e. The van der Waals surface area contributed by atoms with Crippen molar-refractivity contribution in [2.75, 3.05) is 6.54 Å². The molecule has 1 aliphatic carbocycles. The summed E-state index contributed by atoms with van der Waals surface area (Å²) in [6.45, 7) is 3.05. The fourth-order valence-electron chi connectivity index (χ4n) is 2.24. The summed E-state index contributed by atoms with van der Waals surface area (Å²) in [6.07, 6.45) is 1.22. The molecule has 1 aromatic rings. The zero-order valence-electron chi connectivity index (χ0n) is 9.48. The first kappa shape index (κ1) is 9.70. The van der Waals surface area contributed by atoms with Gasteiger partial charge in [0.15, 0.2) is 5.96 Å². The Morgan fingerprint density at radius 2 is 2.12 bits per heavy atom. The van der Waals surface area contributed by atoms with Crippen LogP contribution in [0.2, 0.25) is 0 Å². The molecule has 84 valence electrons. The minimum Gasteiger partial charge on any atom is -0.353 e. The van der Waals surface area contributed by atoms with Gasteiger partial charge in [-0.2, -0.15) is 0 Å². The molecule has 1 aliphatic heterocycles. The number of benzene rings is 1. The Kier molecular flexibility index (Phi) is 2.31. The zero-order valence-corrected chi connectivity index (χ0v) is 9.48. The maximum Gasteiger partial charge on any atom is 0.191 e. The van der Waals surface area contributed by atoms with Gasteiger partial charge in [-0.1, -0.05) is 30.3 Å². The van der Waals surface area contributed by atoms with Gasteiger partial charge in [0.05, 0.1) is 6.54 Å². The molecule has 1 saturated carbocycles. The predicted octanol–water partition coefficient (Wildman–Crippen LogP) is 1.48. The summed E-state index contributed by atoms with van der Waals surface area (Å²) in [5.41, 5.74) is 1.44. The number of aliphatic imine (C=N–C) groups is 1. The first-order chi connectivity index (χ1) is 7.83. The van der Waals surface area contributed by atoms with Crippen LogP contribution in [0.5, 0.6) is 0 Å². The van der Waals surface area contributed by atoms with Crippen molar-refractivity contribution in [1.29, 1.82) is 0 Å². The number of hydrogen-bond donors (Lipinski definition) is 2. The van der Waals surface area contributed by atoms with Crippen molar-refractivity contribution in [3.05, 3.63) is 35.9 Å². The van der Waals surface area contributed by atoms with Crippen LogP contribution in [-0.4, -0.2) is 24.6 Å². The molecule has 2 N–H and O–H groups in total. The number of rotatable bonds is 2. The maximum atomic E-state index is 4.42. The third kappa shape index (κ3) is 1.90. The van der Waals surface area contributed by atoms with E-state index in [1.165, 1.54) is 12.0 Å². The standard InChI is InChI=1S/C13H17N3/c1-9-8-14-13(15-9)16-12-7-11(12)10-5-3-2-4-6-10/h2-6,9,11-12H,7-8H2,1H3,(H2,14,15,16). The van der Waals surface area contributed by atoms with Gasteiger partial charge in [-0.25, -0.2) is 0 Å². The van der Waals surface area contributed by atoms with Crippen molar-refractivity contribution in [3.63, 3.8) is 0 Å². The summed E-state index contributed by atoms with van der Waals surface area (Å²) in [5.74, 6) is 1.65. The fourth-order valence-corrected chi connectivity index (χ4v) is 2.24. The van der Waals surface area contributed by atoms with Gasteiger partial charge in [-0.15, -0.1) is 0 Å². The largest absolute Gasteiger partial charge is 0.353 e. The molecule has 0 saturated heterocycles. The highest BCUT2D eigenvalue weighted by atomic mass is 15.3. The van der Waals surface area contributed by atoms with Crippen LogP contribution < -0.4 is 10.6 Å². The molecule has 0 amide bonds. The minimum atomic E-state index is 0.483. The van der Waals surface area contributed by atoms with Crippen LogP contribution in [0.25, 0.3) is 0 Å². The van der Waals surface area contributed by atoms with Crippen LogP contribution in [0.3, 0.4) is 0 Å². The first-order valence-electron chi connectivity index (χ1n) is 5.95. The Labute approximate surface area is 96.0 Å². The highest BCUT2D eigenvalue weighted by Crippen LogP contribution is 2.40. The van der Waals surface area contributed by atoms with E-state index in [1.54, 1.807) is 0 Å². The van der Waals surface area contributed by atoms with E-state index in [1.807, 2.05) is 0 Å². The van der Waals surface area contributed by atoms with E-state index in [0.717, 1.165) is 12.5 Å². The third-order valence-corrected chi connectivity index (χ3v) is 3.25. The van der Waals surface area contributed by atoms with Crippen LogP contribution in [0, 0.1) is 0 Å². The van der Waals surface area contributed by atoms with E-state index in [4.69, 9.17) is 0 Å². The number of nitrogens with one attached hydrogen (secondary N) is 2. The second-order valence-corrected chi connectivity index (χ2v) is 4.74. The van der Waals surface area contributed by atoms with Crippen LogP contribution in [-0.2, 0) is 0 Å². The lowest BCUT2D eigenvalue weighted by molar-refractivity contribution is 0.711. The van der Waals surface area contributed by atoms with Gasteiger partial charge in [-0.05, 0) is 18.9 Å². The van der Waals surface area contributed by atoms with Crippen molar-refractivity contribution in [3.8, 4) is 0 Å². The number of hydrogen-bond acceptors (Lipinski definition) is 3. The van der Waals surface area contributed by atoms with Gasteiger partial charge in [0.25, 0.3) is 0 Å². The van der Waals surface area contributed by atoms with Crippen molar-refractivity contribution in [1.82, 2.24) is 10.6 Å². The molecule has 0 radical (unpaired) electrons. The normalized spacial score (nSPS) is 31.8. The van der Waals surface area contributed by atoms with E-state index in [0.29, 0.717) is 18.0 Å². The summed E-state index contributed by atoms with van der Waals surface area (Å²) in [6, 6.07) is 11.8. The summed E-state index contributed by atoms with van der Waals surface area (Å²) >= 11 is 0. The van der Waals surface area contributed by atoms with Gasteiger partial charge < -0.3 is 10.6 Å². The molecule has 3 rings (SSSR count). The van der Waals surface area contributed by atoms with Crippen LogP contribution in [0.15, 0.2) is 35.3 Å². The molecule has 3 unspecified atom stereocenters. The first-order valence-corrected chi connectivity index (χ1v) is 5.95. The summed E-state index contributed by atoms with van der Waals surface area (Å²) < 4.78 is 0. The van der Waals surface area contributed by atoms with E-state index < -0.39 is 0 Å². The van der Waals surface area contributed by atoms with Gasteiger partial charge in [0.1, 0.15) is 0 Å². The van der Waals surface area contributed by atoms with Crippen molar-refractivity contribution >= 4 is 5.96 Å². The van der Waals surface area contributed by atoms with E-state index in [-0.39, 0.29) is 0 Å². The molecule has 2 aliphatic rings. The summed E-state index contributed by atoms with van der Waals surface area (Å²) in [7, 11) is 0. The van der Waals surface area contributed by atoms with E-state index in [2.05, 4.69) is 52.9 Å². The monoisotopic (exact) mass is 215 g/mol. The molecule has 3 atom stereocenters. The van der Waals surface area contributed by atoms with Crippen LogP contribution in [0.4, 0.5) is 0 Å². The number of nitrogens with zero attached hydrogens (tertiary/aromatic N) is 1. The molecule has 1 fully saturated rings. The average molecular weight is 215 g/mol. The lowest BCUT2D eigenvalue weighted by Crippen LogP contribution is -2.39. The van der Waals surface area contributed by atoms with Crippen LogP contribution in [0.1, 0.15) is 24.8 Å². The van der Waals surface area contributed by atoms with Crippen molar-refractivity contribution in [2.24, 2.45) is 4.99 Å². The Balaban J connectivity index is 1.57. The van der Waals surface area contributed by atoms with Gasteiger partial charge in [0, 0.05) is 18.0 Å². The highest BCUT2D eigenvalue weighted by molar-refractivity contribution is 5.82. The molecule has 0 bridgehead atoms. The Morgan fingerprint density at radius 3 is 2.81 bits per heavy atom. The molecular weight excluding hydrogens is 198 g/mol. The van der Waals surface area contributed by atoms with Crippen molar-refractivity contribution < 1.29 is 0 Å². The molecular formula is C13H17N3. The third-order valence-electron chi connectivity index (χ3n) is 3.25. The second-order valence-electron chi connectivity index (χ2n) is 4.74. The Hall–Kier alpha value is -1.51. The fraction of sp³-hybridized carbons (Fsp3) is 0.462. The topological polar surface area (TPSA) is 36.4 Å².